The molecule has 202 valence electrons. The minimum Gasteiger partial charge on any atom is -0.469 e. The number of methoxy groups -OCH3 is 1. The van der Waals surface area contributed by atoms with E-state index in [1.165, 1.54) is 7.11 Å². The summed E-state index contributed by atoms with van der Waals surface area (Å²) in [6, 6.07) is 0. The van der Waals surface area contributed by atoms with Gasteiger partial charge in [-0.05, 0) is 26.7 Å². The van der Waals surface area contributed by atoms with Crippen molar-refractivity contribution in [1.82, 2.24) is 15.0 Å². The van der Waals surface area contributed by atoms with Crippen LogP contribution in [0, 0.1) is 11.8 Å². The molecule has 2 rings (SSSR count). The fraction of sp³-hybridized carbons (Fsp3) is 0.577. The van der Waals surface area contributed by atoms with E-state index >= 15 is 0 Å². The molecule has 0 amide bonds. The first kappa shape index (κ1) is 29.6. The SMILES string of the molecule is C=C(C)C(=O)OCCc1nc(CCOC(=O)C(=C)C)nc(CCOC(=O)C2CCCCC2C(=O)OC)n1. The Labute approximate surface area is 216 Å². The number of ether oxygens (including phenoxy) is 4. The van der Waals surface area contributed by atoms with Crippen molar-refractivity contribution < 1.29 is 38.1 Å². The maximum Gasteiger partial charge on any atom is 0.333 e. The summed E-state index contributed by atoms with van der Waals surface area (Å²) in [5.74, 6) is -1.76. The van der Waals surface area contributed by atoms with Crippen LogP contribution >= 0.6 is 0 Å². The summed E-state index contributed by atoms with van der Waals surface area (Å²) in [5, 5.41) is 0. The van der Waals surface area contributed by atoms with E-state index in [-0.39, 0.29) is 50.2 Å². The molecule has 1 aliphatic carbocycles. The largest absolute Gasteiger partial charge is 0.469 e. The number of esters is 4. The van der Waals surface area contributed by atoms with Gasteiger partial charge in [-0.2, -0.15) is 0 Å². The molecule has 11 heteroatoms. The van der Waals surface area contributed by atoms with Crippen molar-refractivity contribution in [3.8, 4) is 0 Å². The summed E-state index contributed by atoms with van der Waals surface area (Å²) in [6.07, 6.45) is 3.55. The number of rotatable bonds is 13. The molecule has 0 radical (unpaired) electrons. The van der Waals surface area contributed by atoms with Crippen LogP contribution in [0.3, 0.4) is 0 Å². The molecule has 1 aromatic heterocycles. The number of hydrogen-bond acceptors (Lipinski definition) is 11. The third kappa shape index (κ3) is 9.74. The minimum absolute atomic E-state index is 0.0153. The van der Waals surface area contributed by atoms with Crippen molar-refractivity contribution in [2.75, 3.05) is 26.9 Å². The molecule has 37 heavy (non-hydrogen) atoms. The molecular weight excluding hydrogens is 482 g/mol. The lowest BCUT2D eigenvalue weighted by Gasteiger charge is -2.27. The van der Waals surface area contributed by atoms with Gasteiger partial charge in [0.25, 0.3) is 0 Å². The molecule has 1 fully saturated rings. The van der Waals surface area contributed by atoms with Crippen LogP contribution in [0.2, 0.25) is 0 Å². The number of hydrogen-bond donors (Lipinski definition) is 0. The highest BCUT2D eigenvalue weighted by Gasteiger charge is 2.37. The molecule has 1 heterocycles. The van der Waals surface area contributed by atoms with Gasteiger partial charge in [-0.15, -0.1) is 0 Å². The van der Waals surface area contributed by atoms with E-state index < -0.39 is 35.7 Å². The zero-order valence-electron chi connectivity index (χ0n) is 21.7. The molecule has 2 unspecified atom stereocenters. The van der Waals surface area contributed by atoms with Gasteiger partial charge in [-0.25, -0.2) is 24.5 Å². The first-order valence-corrected chi connectivity index (χ1v) is 12.2. The van der Waals surface area contributed by atoms with Gasteiger partial charge >= 0.3 is 23.9 Å². The lowest BCUT2D eigenvalue weighted by atomic mass is 9.79. The van der Waals surface area contributed by atoms with E-state index in [1.54, 1.807) is 13.8 Å². The van der Waals surface area contributed by atoms with Crippen molar-refractivity contribution >= 4 is 23.9 Å². The lowest BCUT2D eigenvalue weighted by molar-refractivity contribution is -0.161. The number of aromatic nitrogens is 3. The van der Waals surface area contributed by atoms with Crippen LogP contribution < -0.4 is 0 Å². The fourth-order valence-corrected chi connectivity index (χ4v) is 3.77. The van der Waals surface area contributed by atoms with Gasteiger partial charge in [-0.1, -0.05) is 26.0 Å². The van der Waals surface area contributed by atoms with Crippen LogP contribution in [0.4, 0.5) is 0 Å². The summed E-state index contributed by atoms with van der Waals surface area (Å²) >= 11 is 0. The molecule has 11 nitrogen and oxygen atoms in total. The van der Waals surface area contributed by atoms with Crippen LogP contribution in [0.5, 0.6) is 0 Å². The molecule has 0 spiro atoms. The van der Waals surface area contributed by atoms with Crippen LogP contribution in [-0.2, 0) is 57.4 Å². The van der Waals surface area contributed by atoms with Crippen LogP contribution in [0.15, 0.2) is 24.3 Å². The highest BCUT2D eigenvalue weighted by Crippen LogP contribution is 2.31. The molecule has 0 bridgehead atoms. The Balaban J connectivity index is 2.02. The van der Waals surface area contributed by atoms with E-state index in [4.69, 9.17) is 18.9 Å². The second kappa shape index (κ2) is 14.8. The molecular formula is C26H35N3O8. The van der Waals surface area contributed by atoms with E-state index in [0.29, 0.717) is 30.3 Å². The Kier molecular flexibility index (Phi) is 11.9. The van der Waals surface area contributed by atoms with Gasteiger partial charge < -0.3 is 18.9 Å². The predicted octanol–water partition coefficient (Wildman–Crippen LogP) is 2.26. The third-order valence-corrected chi connectivity index (χ3v) is 5.73. The molecule has 1 aliphatic rings. The zero-order valence-corrected chi connectivity index (χ0v) is 21.7. The van der Waals surface area contributed by atoms with E-state index in [1.807, 2.05) is 0 Å². The first-order chi connectivity index (χ1) is 17.6. The van der Waals surface area contributed by atoms with E-state index in [2.05, 4.69) is 28.1 Å². The van der Waals surface area contributed by atoms with Gasteiger partial charge in [0, 0.05) is 30.4 Å². The van der Waals surface area contributed by atoms with Crippen molar-refractivity contribution in [3.63, 3.8) is 0 Å². The van der Waals surface area contributed by atoms with Gasteiger partial charge in [0.05, 0.1) is 38.8 Å². The molecule has 0 saturated heterocycles. The predicted molar refractivity (Wildman–Crippen MR) is 131 cm³/mol. The summed E-state index contributed by atoms with van der Waals surface area (Å²) in [4.78, 5) is 61.2. The monoisotopic (exact) mass is 517 g/mol. The van der Waals surface area contributed by atoms with Crippen LogP contribution in [0.1, 0.15) is 57.0 Å². The highest BCUT2D eigenvalue weighted by molar-refractivity contribution is 5.87. The molecule has 0 N–H and O–H groups in total. The third-order valence-electron chi connectivity index (χ3n) is 5.73. The molecule has 0 aliphatic heterocycles. The molecule has 0 aromatic carbocycles. The van der Waals surface area contributed by atoms with Crippen molar-refractivity contribution in [2.45, 2.75) is 58.8 Å². The quantitative estimate of drug-likeness (QED) is 0.216. The van der Waals surface area contributed by atoms with Crippen molar-refractivity contribution in [1.29, 1.82) is 0 Å². The summed E-state index contributed by atoms with van der Waals surface area (Å²) in [7, 11) is 1.31. The maximum atomic E-state index is 12.7. The average Bonchev–Trinajstić information content (AvgIpc) is 2.87. The smallest absolute Gasteiger partial charge is 0.333 e. The van der Waals surface area contributed by atoms with Gasteiger partial charge in [0.2, 0.25) is 0 Å². The van der Waals surface area contributed by atoms with Crippen LogP contribution in [0.25, 0.3) is 0 Å². The number of carbonyl (C=O) groups is 4. The Morgan fingerprint density at radius 1 is 0.703 bits per heavy atom. The first-order valence-electron chi connectivity index (χ1n) is 12.2. The van der Waals surface area contributed by atoms with Crippen molar-refractivity contribution in [2.24, 2.45) is 11.8 Å². The molecule has 2 atom stereocenters. The zero-order chi connectivity index (χ0) is 27.4. The normalized spacial score (nSPS) is 16.8. The summed E-state index contributed by atoms with van der Waals surface area (Å²) < 4.78 is 20.5. The Morgan fingerprint density at radius 3 is 1.46 bits per heavy atom. The lowest BCUT2D eigenvalue weighted by Crippen LogP contribution is -2.34. The minimum atomic E-state index is -0.531. The summed E-state index contributed by atoms with van der Waals surface area (Å²) in [6.45, 7) is 10.3. The number of nitrogens with zero attached hydrogens (tertiary/aromatic N) is 3. The second-order valence-electron chi connectivity index (χ2n) is 8.85. The van der Waals surface area contributed by atoms with Crippen molar-refractivity contribution in [3.05, 3.63) is 41.8 Å². The average molecular weight is 518 g/mol. The topological polar surface area (TPSA) is 144 Å². The highest BCUT2D eigenvalue weighted by atomic mass is 16.5. The number of carbonyl (C=O) groups excluding carboxylic acids is 4. The standard InChI is InChI=1S/C26H35N3O8/c1-16(2)23(30)35-13-10-20-27-21(11-14-36-24(31)17(3)4)29-22(28-20)12-15-37-26(33)19-9-7-6-8-18(19)25(32)34-5/h18-19H,1,3,6-15H2,2,4-5H3. The maximum absolute atomic E-state index is 12.7. The fourth-order valence-electron chi connectivity index (χ4n) is 3.77. The Hall–Kier alpha value is -3.63. The van der Waals surface area contributed by atoms with Gasteiger partial charge in [-0.3, -0.25) is 9.59 Å². The molecule has 1 saturated carbocycles. The van der Waals surface area contributed by atoms with Gasteiger partial charge in [0.1, 0.15) is 17.5 Å². The van der Waals surface area contributed by atoms with Crippen LogP contribution in [-0.4, -0.2) is 65.8 Å². The van der Waals surface area contributed by atoms with Gasteiger partial charge in [0.15, 0.2) is 0 Å². The Morgan fingerprint density at radius 2 is 1.08 bits per heavy atom. The molecule has 1 aromatic rings. The Bertz CT molecular complexity index is 973. The second-order valence-corrected chi connectivity index (χ2v) is 8.85. The van der Waals surface area contributed by atoms with E-state index in [0.717, 1.165) is 12.8 Å². The van der Waals surface area contributed by atoms with E-state index in [9.17, 15) is 19.2 Å². The summed E-state index contributed by atoms with van der Waals surface area (Å²) in [5.41, 5.74) is 0.566.